The van der Waals surface area contributed by atoms with Gasteiger partial charge in [-0.15, -0.1) is 0 Å². The molecule has 4 N–H and O–H groups in total. The number of benzene rings is 1. The topological polar surface area (TPSA) is 126 Å². The first-order chi connectivity index (χ1) is 14.6. The number of hydrogen-bond acceptors (Lipinski definition) is 8. The summed E-state index contributed by atoms with van der Waals surface area (Å²) in [6, 6.07) is 7.75. The maximum atomic E-state index is 10.4. The number of aromatic nitrogens is 4. The van der Waals surface area contributed by atoms with E-state index in [1.807, 2.05) is 24.3 Å². The fraction of sp³-hybridized carbons (Fsp3) is 0.450. The molecule has 2 aromatic heterocycles. The maximum Gasteiger partial charge on any atom is 0.167 e. The average molecular weight is 432 g/mol. The number of nitrogens with zero attached hydrogens (tertiary/aromatic N) is 4. The molecule has 3 heterocycles. The van der Waals surface area contributed by atoms with Crippen LogP contribution in [0.2, 0.25) is 5.02 Å². The number of aliphatic hydroxyl groups excluding tert-OH is 3. The number of imidazole rings is 1. The van der Waals surface area contributed by atoms with E-state index in [0.29, 0.717) is 27.9 Å². The molecule has 1 saturated heterocycles. The Morgan fingerprint density at radius 2 is 1.97 bits per heavy atom. The minimum Gasteiger partial charge on any atom is -0.394 e. The van der Waals surface area contributed by atoms with E-state index in [9.17, 15) is 15.3 Å². The summed E-state index contributed by atoms with van der Waals surface area (Å²) >= 11 is 6.44. The van der Waals surface area contributed by atoms with Crippen molar-refractivity contribution >= 4 is 28.6 Å². The van der Waals surface area contributed by atoms with E-state index < -0.39 is 31.1 Å². The van der Waals surface area contributed by atoms with Crippen molar-refractivity contribution in [1.82, 2.24) is 19.5 Å². The molecule has 9 nitrogen and oxygen atoms in total. The Morgan fingerprint density at radius 3 is 2.67 bits per heavy atom. The molecule has 1 aromatic carbocycles. The highest BCUT2D eigenvalue weighted by molar-refractivity contribution is 6.31. The Morgan fingerprint density at radius 1 is 1.17 bits per heavy atom. The van der Waals surface area contributed by atoms with Crippen molar-refractivity contribution in [2.75, 3.05) is 11.9 Å². The SMILES string of the molecule is OC[C@H]1O[C@@H](n2cnc3c(NC(c4ccccc4Cl)C4CC4)ncnc32)[C@H](O)[C@@H]1O. The number of aliphatic hydroxyl groups is 3. The molecule has 10 heteroatoms. The van der Waals surface area contributed by atoms with Gasteiger partial charge in [0.15, 0.2) is 23.2 Å². The molecule has 3 aromatic rings. The molecule has 1 aliphatic heterocycles. The highest BCUT2D eigenvalue weighted by atomic mass is 35.5. The molecule has 5 rings (SSSR count). The first-order valence-electron chi connectivity index (χ1n) is 9.89. The molecule has 0 bridgehead atoms. The van der Waals surface area contributed by atoms with Crippen LogP contribution >= 0.6 is 11.6 Å². The van der Waals surface area contributed by atoms with Crippen LogP contribution in [0.4, 0.5) is 5.82 Å². The largest absolute Gasteiger partial charge is 0.394 e. The highest BCUT2D eigenvalue weighted by Crippen LogP contribution is 2.45. The lowest BCUT2D eigenvalue weighted by Gasteiger charge is -2.21. The molecule has 0 spiro atoms. The first-order valence-corrected chi connectivity index (χ1v) is 10.3. The van der Waals surface area contributed by atoms with Crippen LogP contribution in [0.3, 0.4) is 0 Å². The minimum absolute atomic E-state index is 0.00383. The smallest absolute Gasteiger partial charge is 0.167 e. The fourth-order valence-corrected chi connectivity index (χ4v) is 4.26. The fourth-order valence-electron chi connectivity index (χ4n) is 4.01. The lowest BCUT2D eigenvalue weighted by molar-refractivity contribution is -0.0511. The van der Waals surface area contributed by atoms with Crippen molar-refractivity contribution in [1.29, 1.82) is 0 Å². The summed E-state index contributed by atoms with van der Waals surface area (Å²) in [4.78, 5) is 13.1. The van der Waals surface area contributed by atoms with Gasteiger partial charge in [0.1, 0.15) is 24.6 Å². The average Bonchev–Trinajstić information content (AvgIpc) is 3.45. The molecule has 2 fully saturated rings. The lowest BCUT2D eigenvalue weighted by Crippen LogP contribution is -2.33. The van der Waals surface area contributed by atoms with Gasteiger partial charge in [-0.2, -0.15) is 0 Å². The Balaban J connectivity index is 1.49. The molecular weight excluding hydrogens is 410 g/mol. The molecule has 5 atom stereocenters. The number of hydrogen-bond donors (Lipinski definition) is 4. The van der Waals surface area contributed by atoms with Gasteiger partial charge in [-0.3, -0.25) is 4.57 Å². The van der Waals surface area contributed by atoms with Crippen LogP contribution in [0.5, 0.6) is 0 Å². The van der Waals surface area contributed by atoms with E-state index in [1.165, 1.54) is 12.7 Å². The van der Waals surface area contributed by atoms with Gasteiger partial charge in [-0.05, 0) is 30.4 Å². The summed E-state index contributed by atoms with van der Waals surface area (Å²) in [5, 5.41) is 33.9. The van der Waals surface area contributed by atoms with E-state index in [1.54, 1.807) is 4.57 Å². The standard InChI is InChI=1S/C20H22ClN5O4/c21-12-4-2-1-3-11(12)14(10-5-6-10)25-18-15-19(23-8-22-18)26(9-24-15)20-17(29)16(28)13(7-27)30-20/h1-4,8-10,13-14,16-17,20,27-29H,5-7H2,(H,22,23,25)/t13-,14?,16-,17-,20-/m1/s1. The second-order valence-corrected chi connectivity index (χ2v) is 8.16. The molecule has 1 saturated carbocycles. The summed E-state index contributed by atoms with van der Waals surface area (Å²) in [7, 11) is 0. The number of rotatable bonds is 6. The van der Waals surface area contributed by atoms with Crippen molar-refractivity contribution in [3.05, 3.63) is 47.5 Å². The zero-order valence-corrected chi connectivity index (χ0v) is 16.7. The molecule has 30 heavy (non-hydrogen) atoms. The van der Waals surface area contributed by atoms with E-state index >= 15 is 0 Å². The van der Waals surface area contributed by atoms with Crippen molar-refractivity contribution < 1.29 is 20.1 Å². The van der Waals surface area contributed by atoms with Crippen LogP contribution in [0.1, 0.15) is 30.7 Å². The highest BCUT2D eigenvalue weighted by Gasteiger charge is 2.44. The third-order valence-corrected chi connectivity index (χ3v) is 6.12. The second kappa shape index (κ2) is 7.75. The summed E-state index contributed by atoms with van der Waals surface area (Å²) < 4.78 is 7.17. The molecule has 2 aliphatic rings. The van der Waals surface area contributed by atoms with E-state index in [4.69, 9.17) is 16.3 Å². The molecule has 1 aliphatic carbocycles. The first kappa shape index (κ1) is 19.7. The summed E-state index contributed by atoms with van der Waals surface area (Å²) in [6.45, 7) is -0.399. The third kappa shape index (κ3) is 3.32. The van der Waals surface area contributed by atoms with Gasteiger partial charge in [0, 0.05) is 5.02 Å². The van der Waals surface area contributed by atoms with Crippen LogP contribution < -0.4 is 5.32 Å². The number of ether oxygens (including phenoxy) is 1. The van der Waals surface area contributed by atoms with Crippen LogP contribution in [0, 0.1) is 5.92 Å². The molecule has 0 radical (unpaired) electrons. The zero-order chi connectivity index (χ0) is 20.8. The van der Waals surface area contributed by atoms with E-state index in [-0.39, 0.29) is 6.04 Å². The number of halogens is 1. The zero-order valence-electron chi connectivity index (χ0n) is 16.0. The predicted molar refractivity (Wildman–Crippen MR) is 109 cm³/mol. The van der Waals surface area contributed by atoms with Crippen molar-refractivity contribution in [2.45, 2.75) is 43.4 Å². The van der Waals surface area contributed by atoms with Crippen LogP contribution in [-0.4, -0.2) is 59.8 Å². The number of nitrogens with one attached hydrogen (secondary N) is 1. The quantitative estimate of drug-likeness (QED) is 0.464. The second-order valence-electron chi connectivity index (χ2n) is 7.76. The molecule has 158 valence electrons. The Bertz CT molecular complexity index is 1060. The summed E-state index contributed by atoms with van der Waals surface area (Å²) in [5.74, 6) is 1.01. The van der Waals surface area contributed by atoms with Gasteiger partial charge in [0.05, 0.1) is 19.0 Å². The number of fused-ring (bicyclic) bond motifs is 1. The van der Waals surface area contributed by atoms with Gasteiger partial charge in [-0.25, -0.2) is 15.0 Å². The Labute approximate surface area is 177 Å². The Kier molecular flexibility index (Phi) is 5.08. The van der Waals surface area contributed by atoms with Gasteiger partial charge in [0.2, 0.25) is 0 Å². The lowest BCUT2D eigenvalue weighted by atomic mass is 10.0. The van der Waals surface area contributed by atoms with Crippen LogP contribution in [-0.2, 0) is 4.74 Å². The van der Waals surface area contributed by atoms with Crippen LogP contribution in [0.25, 0.3) is 11.2 Å². The van der Waals surface area contributed by atoms with Gasteiger partial charge in [-0.1, -0.05) is 29.8 Å². The third-order valence-electron chi connectivity index (χ3n) is 5.78. The summed E-state index contributed by atoms with van der Waals surface area (Å²) in [6.07, 6.45) is 0.925. The monoisotopic (exact) mass is 431 g/mol. The number of anilines is 1. The predicted octanol–water partition coefficient (Wildman–Crippen LogP) is 1.65. The van der Waals surface area contributed by atoms with Crippen molar-refractivity contribution in [3.63, 3.8) is 0 Å². The van der Waals surface area contributed by atoms with Gasteiger partial charge in [0.25, 0.3) is 0 Å². The normalized spacial score (nSPS) is 27.5. The van der Waals surface area contributed by atoms with Crippen LogP contribution in [0.15, 0.2) is 36.9 Å². The van der Waals surface area contributed by atoms with E-state index in [0.717, 1.165) is 18.4 Å². The van der Waals surface area contributed by atoms with Crippen molar-refractivity contribution in [2.24, 2.45) is 5.92 Å². The van der Waals surface area contributed by atoms with E-state index in [2.05, 4.69) is 20.3 Å². The van der Waals surface area contributed by atoms with Gasteiger partial charge < -0.3 is 25.4 Å². The molecule has 0 amide bonds. The summed E-state index contributed by atoms with van der Waals surface area (Å²) in [5.41, 5.74) is 1.99. The molecule has 1 unspecified atom stereocenters. The molecular formula is C20H22ClN5O4. The Hall–Kier alpha value is -2.30. The minimum atomic E-state index is -1.21. The maximum absolute atomic E-state index is 10.4. The van der Waals surface area contributed by atoms with Crippen molar-refractivity contribution in [3.8, 4) is 0 Å². The van der Waals surface area contributed by atoms with Gasteiger partial charge >= 0.3 is 0 Å².